The molecule has 238 valence electrons. The van der Waals surface area contributed by atoms with Gasteiger partial charge >= 0.3 is 0 Å². The Morgan fingerprint density at radius 3 is 1.59 bits per heavy atom. The van der Waals surface area contributed by atoms with Gasteiger partial charge in [-0.2, -0.15) is 0 Å². The van der Waals surface area contributed by atoms with E-state index in [9.17, 15) is 5.11 Å². The SMILES string of the molecule is OC1c2cccc3c(-c4cccc5ccccc45)ccc(c23)-c2nc3c(-c4cccc5ccccc45)cc(-c4cccc5ccccc45)cc3n21. The third-order valence-electron chi connectivity index (χ3n) is 10.9. The van der Waals surface area contributed by atoms with E-state index in [4.69, 9.17) is 4.98 Å². The van der Waals surface area contributed by atoms with Gasteiger partial charge in [0.15, 0.2) is 6.23 Å². The van der Waals surface area contributed by atoms with Crippen LogP contribution in [0.3, 0.4) is 0 Å². The Hall–Kier alpha value is -6.55. The monoisotopic (exact) mass is 650 g/mol. The van der Waals surface area contributed by atoms with Crippen LogP contribution in [0.25, 0.3) is 98.9 Å². The Kier molecular flexibility index (Phi) is 5.95. The fourth-order valence-corrected chi connectivity index (χ4v) is 8.60. The minimum absolute atomic E-state index is 0.780. The lowest BCUT2D eigenvalue weighted by Gasteiger charge is -2.26. The van der Waals surface area contributed by atoms with Crippen LogP contribution >= 0.6 is 0 Å². The summed E-state index contributed by atoms with van der Waals surface area (Å²) < 4.78 is 2.05. The Bertz CT molecular complexity index is 3050. The Morgan fingerprint density at radius 2 is 0.922 bits per heavy atom. The minimum Gasteiger partial charge on any atom is -0.369 e. The van der Waals surface area contributed by atoms with Crippen LogP contribution in [-0.2, 0) is 0 Å². The van der Waals surface area contributed by atoms with E-state index in [1.54, 1.807) is 0 Å². The summed E-state index contributed by atoms with van der Waals surface area (Å²) in [7, 11) is 0. The number of aromatic nitrogens is 2. The van der Waals surface area contributed by atoms with E-state index in [-0.39, 0.29) is 0 Å². The highest BCUT2D eigenvalue weighted by Crippen LogP contribution is 2.48. The normalized spacial score (nSPS) is 13.8. The minimum atomic E-state index is -0.910. The first kappa shape index (κ1) is 28.3. The highest BCUT2D eigenvalue weighted by atomic mass is 16.3. The average Bonchev–Trinajstić information content (AvgIpc) is 3.59. The molecule has 0 saturated heterocycles. The maximum absolute atomic E-state index is 12.4. The van der Waals surface area contributed by atoms with Crippen LogP contribution < -0.4 is 0 Å². The predicted octanol–water partition coefficient (Wildman–Crippen LogP) is 12.2. The zero-order chi connectivity index (χ0) is 33.6. The fourth-order valence-electron chi connectivity index (χ4n) is 8.60. The van der Waals surface area contributed by atoms with Crippen molar-refractivity contribution in [2.45, 2.75) is 6.23 Å². The number of hydrogen-bond donors (Lipinski definition) is 1. The van der Waals surface area contributed by atoms with Crippen molar-refractivity contribution in [3.63, 3.8) is 0 Å². The van der Waals surface area contributed by atoms with Gasteiger partial charge in [-0.3, -0.25) is 4.57 Å². The van der Waals surface area contributed by atoms with E-state index in [0.29, 0.717) is 0 Å². The van der Waals surface area contributed by atoms with E-state index in [2.05, 4.69) is 170 Å². The highest BCUT2D eigenvalue weighted by molar-refractivity contribution is 6.13. The maximum atomic E-state index is 12.4. The molecule has 0 amide bonds. The van der Waals surface area contributed by atoms with Gasteiger partial charge in [0, 0.05) is 22.1 Å². The summed E-state index contributed by atoms with van der Waals surface area (Å²) in [5.41, 5.74) is 10.5. The predicted molar refractivity (Wildman–Crippen MR) is 212 cm³/mol. The van der Waals surface area contributed by atoms with E-state index < -0.39 is 6.23 Å². The summed E-state index contributed by atoms with van der Waals surface area (Å²) in [6, 6.07) is 60.4. The third kappa shape index (κ3) is 4.07. The molecule has 11 rings (SSSR count). The van der Waals surface area contributed by atoms with Gasteiger partial charge in [0.2, 0.25) is 0 Å². The van der Waals surface area contributed by atoms with Crippen molar-refractivity contribution in [1.82, 2.24) is 9.55 Å². The number of aliphatic hydroxyl groups excluding tert-OH is 1. The van der Waals surface area contributed by atoms with Crippen LogP contribution in [0, 0.1) is 0 Å². The second-order valence-corrected chi connectivity index (χ2v) is 13.6. The second-order valence-electron chi connectivity index (χ2n) is 13.6. The van der Waals surface area contributed by atoms with E-state index in [0.717, 1.165) is 66.6 Å². The summed E-state index contributed by atoms with van der Waals surface area (Å²) in [4.78, 5) is 5.46. The molecular weight excluding hydrogens is 621 g/mol. The standard InChI is InChI=1S/C48H30N2O/c51-48-42-24-10-23-40-39(37-21-8-15-30-12-2-5-18-34(30)37)25-26-41(45(40)42)47-49-46-43(38-22-9-16-31-13-3-6-19-35(31)38)27-32(28-44(46)50(47)48)36-20-7-14-29-11-1-4-17-33(29)36/h1-28,48,51H. The zero-order valence-electron chi connectivity index (χ0n) is 27.6. The van der Waals surface area contributed by atoms with E-state index in [1.807, 2.05) is 4.57 Å². The van der Waals surface area contributed by atoms with Gasteiger partial charge in [-0.05, 0) is 83.7 Å². The summed E-state index contributed by atoms with van der Waals surface area (Å²) in [6.07, 6.45) is -0.910. The number of hydrogen-bond acceptors (Lipinski definition) is 2. The van der Waals surface area contributed by atoms with Crippen LogP contribution in [0.2, 0.25) is 0 Å². The van der Waals surface area contributed by atoms with Gasteiger partial charge in [0.1, 0.15) is 5.82 Å². The molecule has 0 spiro atoms. The van der Waals surface area contributed by atoms with Crippen LogP contribution in [0.15, 0.2) is 170 Å². The number of benzene rings is 9. The van der Waals surface area contributed by atoms with Crippen molar-refractivity contribution in [1.29, 1.82) is 0 Å². The van der Waals surface area contributed by atoms with Crippen LogP contribution in [0.1, 0.15) is 11.8 Å². The fraction of sp³-hybridized carbons (Fsp3) is 0.0208. The molecule has 2 heterocycles. The lowest BCUT2D eigenvalue weighted by Crippen LogP contribution is -2.16. The van der Waals surface area contributed by atoms with E-state index >= 15 is 0 Å². The molecule has 51 heavy (non-hydrogen) atoms. The molecule has 0 saturated carbocycles. The summed E-state index contributed by atoms with van der Waals surface area (Å²) in [6.45, 7) is 0. The van der Waals surface area contributed by atoms with Crippen LogP contribution in [0.5, 0.6) is 0 Å². The first-order valence-corrected chi connectivity index (χ1v) is 17.5. The first-order valence-electron chi connectivity index (χ1n) is 17.5. The molecule has 1 aliphatic heterocycles. The number of imidazole rings is 1. The molecule has 0 radical (unpaired) electrons. The highest BCUT2D eigenvalue weighted by Gasteiger charge is 2.31. The van der Waals surface area contributed by atoms with Crippen molar-refractivity contribution < 1.29 is 5.11 Å². The number of aliphatic hydroxyl groups is 1. The van der Waals surface area contributed by atoms with Crippen molar-refractivity contribution in [3.8, 4) is 44.8 Å². The topological polar surface area (TPSA) is 38.1 Å². The average molecular weight is 651 g/mol. The van der Waals surface area contributed by atoms with Gasteiger partial charge < -0.3 is 5.11 Å². The molecule has 0 aliphatic carbocycles. The molecule has 3 nitrogen and oxygen atoms in total. The number of fused-ring (bicyclic) bond motifs is 7. The van der Waals surface area contributed by atoms with Crippen molar-refractivity contribution in [2.75, 3.05) is 0 Å². The molecule has 1 atom stereocenters. The Morgan fingerprint density at radius 1 is 0.431 bits per heavy atom. The molecule has 0 fully saturated rings. The van der Waals surface area contributed by atoms with Crippen molar-refractivity contribution >= 4 is 54.1 Å². The smallest absolute Gasteiger partial charge is 0.159 e. The molecule has 1 aliphatic rings. The third-order valence-corrected chi connectivity index (χ3v) is 10.9. The molecule has 10 aromatic rings. The summed E-state index contributed by atoms with van der Waals surface area (Å²) in [5.74, 6) is 0.780. The van der Waals surface area contributed by atoms with Crippen LogP contribution in [0.4, 0.5) is 0 Å². The molecule has 1 aromatic heterocycles. The molecule has 1 N–H and O–H groups in total. The molecule has 0 bridgehead atoms. The summed E-state index contributed by atoms with van der Waals surface area (Å²) in [5, 5.41) is 21.8. The molecular formula is C48H30N2O. The summed E-state index contributed by atoms with van der Waals surface area (Å²) >= 11 is 0. The van der Waals surface area contributed by atoms with Crippen LogP contribution in [-0.4, -0.2) is 14.7 Å². The molecule has 3 heteroatoms. The Balaban J connectivity index is 1.23. The van der Waals surface area contributed by atoms with Crippen molar-refractivity contribution in [2.24, 2.45) is 0 Å². The quantitative estimate of drug-likeness (QED) is 0.207. The van der Waals surface area contributed by atoms with E-state index in [1.165, 1.54) is 37.9 Å². The molecule has 9 aromatic carbocycles. The van der Waals surface area contributed by atoms with Gasteiger partial charge in [-0.25, -0.2) is 4.98 Å². The lowest BCUT2D eigenvalue weighted by atomic mass is 9.88. The van der Waals surface area contributed by atoms with Crippen molar-refractivity contribution in [3.05, 3.63) is 175 Å². The molecule has 1 unspecified atom stereocenters. The van der Waals surface area contributed by atoms with Gasteiger partial charge in [0.05, 0.1) is 11.0 Å². The first-order chi connectivity index (χ1) is 25.2. The van der Waals surface area contributed by atoms with Gasteiger partial charge in [0.25, 0.3) is 0 Å². The maximum Gasteiger partial charge on any atom is 0.159 e. The second kappa shape index (κ2) is 10.7. The Labute approximate surface area is 294 Å². The van der Waals surface area contributed by atoms with Gasteiger partial charge in [-0.15, -0.1) is 0 Å². The lowest BCUT2D eigenvalue weighted by molar-refractivity contribution is 0.152. The zero-order valence-corrected chi connectivity index (χ0v) is 27.6. The largest absolute Gasteiger partial charge is 0.369 e. The number of nitrogens with zero attached hydrogens (tertiary/aromatic N) is 2. The number of rotatable bonds is 3. The van der Waals surface area contributed by atoms with Gasteiger partial charge in [-0.1, -0.05) is 152 Å².